The van der Waals surface area contributed by atoms with Crippen LogP contribution >= 0.6 is 0 Å². The van der Waals surface area contributed by atoms with Crippen LogP contribution in [0.2, 0.25) is 0 Å². The average molecular weight is 272 g/mol. The van der Waals surface area contributed by atoms with Crippen molar-refractivity contribution in [3.8, 4) is 0 Å². The van der Waals surface area contributed by atoms with Gasteiger partial charge in [0, 0.05) is 32.6 Å². The Morgan fingerprint density at radius 2 is 2.16 bits per heavy atom. The zero-order valence-corrected chi connectivity index (χ0v) is 10.3. The fourth-order valence-corrected chi connectivity index (χ4v) is 2.26. The predicted octanol–water partition coefficient (Wildman–Crippen LogP) is -1.60. The molecule has 0 atom stereocenters. The van der Waals surface area contributed by atoms with E-state index in [-0.39, 0.29) is 18.9 Å². The lowest BCUT2D eigenvalue weighted by atomic mass is 9.90. The van der Waals surface area contributed by atoms with Crippen LogP contribution in [-0.2, 0) is 19.2 Å². The number of hydrogen-bond donors (Lipinski definition) is 3. The average Bonchev–Trinajstić information content (AvgIpc) is 2.60. The molecule has 1 spiro atoms. The van der Waals surface area contributed by atoms with Gasteiger partial charge in [0.1, 0.15) is 5.54 Å². The third-order valence-electron chi connectivity index (χ3n) is 3.30. The summed E-state index contributed by atoms with van der Waals surface area (Å²) in [5, 5.41) is 2.69. The lowest BCUT2D eigenvalue weighted by molar-refractivity contribution is -0.151. The molecular formula is C10H16N4O5. The highest BCUT2D eigenvalue weighted by Gasteiger charge is 2.51. The first-order valence-electron chi connectivity index (χ1n) is 5.96. The highest BCUT2D eigenvalue weighted by Crippen LogP contribution is 2.28. The van der Waals surface area contributed by atoms with E-state index in [2.05, 4.69) is 10.2 Å². The number of hydrogen-bond acceptors (Lipinski definition) is 7. The third kappa shape index (κ3) is 2.67. The Morgan fingerprint density at radius 1 is 1.47 bits per heavy atom. The standard InChI is InChI=1S/C10H16N4O5/c11-13-19-7(15)1-4-14-8(16)10(12-9(14)17)2-5-18-6-3-10/h13H,1-6,11H2,(H,12,17). The van der Waals surface area contributed by atoms with Gasteiger partial charge in [-0.2, -0.15) is 0 Å². The van der Waals surface area contributed by atoms with E-state index in [0.717, 1.165) is 4.90 Å². The number of amides is 3. The van der Waals surface area contributed by atoms with Crippen LogP contribution in [-0.4, -0.2) is 48.1 Å². The minimum absolute atomic E-state index is 0.0339. The summed E-state index contributed by atoms with van der Waals surface area (Å²) < 4.78 is 5.19. The number of nitrogens with two attached hydrogens (primary N) is 1. The van der Waals surface area contributed by atoms with E-state index in [1.807, 2.05) is 0 Å². The van der Waals surface area contributed by atoms with E-state index in [1.54, 1.807) is 5.59 Å². The van der Waals surface area contributed by atoms with E-state index in [4.69, 9.17) is 10.6 Å². The van der Waals surface area contributed by atoms with E-state index in [9.17, 15) is 14.4 Å². The molecule has 0 bridgehead atoms. The first-order valence-corrected chi connectivity index (χ1v) is 5.96. The van der Waals surface area contributed by atoms with Crippen LogP contribution in [0.25, 0.3) is 0 Å². The largest absolute Gasteiger partial charge is 0.381 e. The van der Waals surface area contributed by atoms with Gasteiger partial charge >= 0.3 is 12.0 Å². The van der Waals surface area contributed by atoms with Gasteiger partial charge in [-0.15, -0.1) is 0 Å². The molecule has 2 aliphatic rings. The Kier molecular flexibility index (Phi) is 3.98. The smallest absolute Gasteiger partial charge is 0.328 e. The number of imide groups is 1. The molecule has 9 heteroatoms. The van der Waals surface area contributed by atoms with E-state index in [1.165, 1.54) is 0 Å². The number of carbonyl (C=O) groups is 3. The van der Waals surface area contributed by atoms with Gasteiger partial charge in [-0.05, 0) is 0 Å². The molecule has 9 nitrogen and oxygen atoms in total. The summed E-state index contributed by atoms with van der Waals surface area (Å²) in [5.74, 6) is 3.86. The van der Waals surface area contributed by atoms with Crippen molar-refractivity contribution in [1.82, 2.24) is 15.8 Å². The van der Waals surface area contributed by atoms with Crippen molar-refractivity contribution in [3.63, 3.8) is 0 Å². The normalized spacial score (nSPS) is 21.6. The molecule has 19 heavy (non-hydrogen) atoms. The Hall–Kier alpha value is -1.71. The number of nitrogens with one attached hydrogen (secondary N) is 2. The molecule has 0 aromatic heterocycles. The molecule has 2 aliphatic heterocycles. The lowest BCUT2D eigenvalue weighted by Gasteiger charge is -2.30. The monoisotopic (exact) mass is 272 g/mol. The van der Waals surface area contributed by atoms with Crippen molar-refractivity contribution >= 4 is 17.9 Å². The van der Waals surface area contributed by atoms with Crippen molar-refractivity contribution in [2.24, 2.45) is 5.84 Å². The molecule has 106 valence electrons. The van der Waals surface area contributed by atoms with Gasteiger partial charge in [0.15, 0.2) is 0 Å². The Balaban J connectivity index is 1.96. The zero-order chi connectivity index (χ0) is 13.9. The Morgan fingerprint density at radius 3 is 2.79 bits per heavy atom. The lowest BCUT2D eigenvalue weighted by Crippen LogP contribution is -2.51. The van der Waals surface area contributed by atoms with Gasteiger partial charge in [0.2, 0.25) is 0 Å². The molecule has 0 saturated carbocycles. The van der Waals surface area contributed by atoms with Crippen LogP contribution in [0.1, 0.15) is 19.3 Å². The number of nitrogens with zero attached hydrogens (tertiary/aromatic N) is 1. The molecule has 2 fully saturated rings. The molecule has 2 heterocycles. The van der Waals surface area contributed by atoms with Gasteiger partial charge in [0.05, 0.1) is 6.42 Å². The van der Waals surface area contributed by atoms with Gasteiger partial charge in [-0.25, -0.2) is 10.6 Å². The van der Waals surface area contributed by atoms with Crippen LogP contribution in [0.15, 0.2) is 0 Å². The van der Waals surface area contributed by atoms with Crippen LogP contribution in [0.5, 0.6) is 0 Å². The zero-order valence-electron chi connectivity index (χ0n) is 10.3. The summed E-state index contributed by atoms with van der Waals surface area (Å²) in [6.07, 6.45) is 0.779. The molecule has 0 radical (unpaired) electrons. The second-order valence-corrected chi connectivity index (χ2v) is 4.42. The van der Waals surface area contributed by atoms with Gasteiger partial charge in [-0.1, -0.05) is 5.59 Å². The second-order valence-electron chi connectivity index (χ2n) is 4.42. The number of ether oxygens (including phenoxy) is 1. The molecular weight excluding hydrogens is 256 g/mol. The SMILES string of the molecule is NNOC(=O)CCN1C(=O)NC2(CCOCC2)C1=O. The van der Waals surface area contributed by atoms with E-state index in [0.29, 0.717) is 26.1 Å². The van der Waals surface area contributed by atoms with Crippen LogP contribution < -0.4 is 16.7 Å². The maximum absolute atomic E-state index is 12.3. The number of hydrazine groups is 1. The summed E-state index contributed by atoms with van der Waals surface area (Å²) in [5.41, 5.74) is 0.882. The van der Waals surface area contributed by atoms with Crippen LogP contribution in [0.4, 0.5) is 4.79 Å². The molecule has 0 aromatic rings. The Bertz CT molecular complexity index is 393. The second kappa shape index (κ2) is 5.51. The highest BCUT2D eigenvalue weighted by atomic mass is 16.7. The number of rotatable bonds is 4. The first kappa shape index (κ1) is 13.7. The number of carbonyl (C=O) groups excluding carboxylic acids is 3. The summed E-state index contributed by atoms with van der Waals surface area (Å²) >= 11 is 0. The number of urea groups is 1. The van der Waals surface area contributed by atoms with Gasteiger partial charge < -0.3 is 14.9 Å². The van der Waals surface area contributed by atoms with E-state index < -0.39 is 17.5 Å². The highest BCUT2D eigenvalue weighted by molar-refractivity contribution is 6.07. The summed E-state index contributed by atoms with van der Waals surface area (Å²) in [7, 11) is 0. The van der Waals surface area contributed by atoms with Crippen molar-refractivity contribution in [3.05, 3.63) is 0 Å². The topological polar surface area (TPSA) is 123 Å². The molecule has 0 unspecified atom stereocenters. The summed E-state index contributed by atoms with van der Waals surface area (Å²) in [6.45, 7) is 0.825. The van der Waals surface area contributed by atoms with E-state index >= 15 is 0 Å². The summed E-state index contributed by atoms with van der Waals surface area (Å²) in [6, 6.07) is -0.486. The first-order chi connectivity index (χ1) is 9.09. The quantitative estimate of drug-likeness (QED) is 0.320. The van der Waals surface area contributed by atoms with Gasteiger partial charge in [0.25, 0.3) is 5.91 Å². The Labute approximate surface area is 109 Å². The molecule has 0 aromatic carbocycles. The van der Waals surface area contributed by atoms with Crippen molar-refractivity contribution in [2.45, 2.75) is 24.8 Å². The fourth-order valence-electron chi connectivity index (χ4n) is 2.26. The molecule has 2 rings (SSSR count). The van der Waals surface area contributed by atoms with Crippen molar-refractivity contribution in [1.29, 1.82) is 0 Å². The summed E-state index contributed by atoms with van der Waals surface area (Å²) in [4.78, 5) is 40.5. The minimum atomic E-state index is -0.870. The van der Waals surface area contributed by atoms with Gasteiger partial charge in [-0.3, -0.25) is 14.5 Å². The third-order valence-corrected chi connectivity index (χ3v) is 3.30. The maximum atomic E-state index is 12.3. The maximum Gasteiger partial charge on any atom is 0.328 e. The molecule has 2 saturated heterocycles. The molecule has 0 aliphatic carbocycles. The molecule has 4 N–H and O–H groups in total. The van der Waals surface area contributed by atoms with Crippen LogP contribution in [0.3, 0.4) is 0 Å². The van der Waals surface area contributed by atoms with Crippen molar-refractivity contribution < 1.29 is 24.0 Å². The van der Waals surface area contributed by atoms with Crippen LogP contribution in [0, 0.1) is 0 Å². The van der Waals surface area contributed by atoms with Crippen molar-refractivity contribution in [2.75, 3.05) is 19.8 Å². The minimum Gasteiger partial charge on any atom is -0.381 e. The molecule has 3 amide bonds. The fraction of sp³-hybridized carbons (Fsp3) is 0.700. The predicted molar refractivity (Wildman–Crippen MR) is 61.1 cm³/mol.